The van der Waals surface area contributed by atoms with Crippen molar-refractivity contribution >= 4 is 5.91 Å². The minimum Gasteiger partial charge on any atom is -0.354 e. The molecule has 1 aromatic rings. The molecule has 1 atom stereocenters. The summed E-state index contributed by atoms with van der Waals surface area (Å²) in [5, 5.41) is 6.69. The third kappa shape index (κ3) is 3.41. The lowest BCUT2D eigenvalue weighted by atomic mass is 10.1. The number of aryl methyl sites for hydroxylation is 1. The molecular formula is C11H16N4O. The lowest BCUT2D eigenvalue weighted by molar-refractivity contribution is -0.122. The first kappa shape index (κ1) is 12.3. The van der Waals surface area contributed by atoms with Crippen molar-refractivity contribution in [3.05, 3.63) is 18.0 Å². The largest absolute Gasteiger partial charge is 0.354 e. The van der Waals surface area contributed by atoms with Crippen LogP contribution in [0.25, 0.3) is 0 Å². The molecule has 0 aliphatic carbocycles. The zero-order valence-electron chi connectivity index (χ0n) is 9.31. The number of terminal acetylenes is 1. The van der Waals surface area contributed by atoms with Crippen molar-refractivity contribution in [1.29, 1.82) is 0 Å². The predicted molar refractivity (Wildman–Crippen MR) is 61.2 cm³/mol. The van der Waals surface area contributed by atoms with Crippen LogP contribution >= 0.6 is 0 Å². The Morgan fingerprint density at radius 1 is 1.81 bits per heavy atom. The second-order valence-corrected chi connectivity index (χ2v) is 3.52. The molecule has 1 rings (SSSR count). The lowest BCUT2D eigenvalue weighted by Gasteiger charge is -2.09. The maximum Gasteiger partial charge on any atom is 0.241 e. The van der Waals surface area contributed by atoms with E-state index in [0.29, 0.717) is 18.5 Å². The standard InChI is InChI=1S/C11H16N4O/c1-3-4-5-6-13-11(16)10(12)9-7-14-15(2)8-9/h1,7-8,10H,4-6,12H2,2H3,(H,13,16). The van der Waals surface area contributed by atoms with Crippen molar-refractivity contribution in [2.24, 2.45) is 12.8 Å². The fourth-order valence-electron chi connectivity index (χ4n) is 1.26. The first-order chi connectivity index (χ1) is 7.65. The number of rotatable bonds is 5. The highest BCUT2D eigenvalue weighted by molar-refractivity contribution is 5.82. The second kappa shape index (κ2) is 5.93. The Morgan fingerprint density at radius 2 is 2.56 bits per heavy atom. The maximum atomic E-state index is 11.6. The van der Waals surface area contributed by atoms with Gasteiger partial charge in [-0.1, -0.05) is 0 Å². The highest BCUT2D eigenvalue weighted by Gasteiger charge is 2.16. The minimum atomic E-state index is -0.667. The van der Waals surface area contributed by atoms with Crippen LogP contribution in [0.4, 0.5) is 0 Å². The number of amides is 1. The summed E-state index contributed by atoms with van der Waals surface area (Å²) in [6.45, 7) is 0.553. The van der Waals surface area contributed by atoms with E-state index in [4.69, 9.17) is 12.2 Å². The predicted octanol–water partition coefficient (Wildman–Crippen LogP) is -0.0505. The lowest BCUT2D eigenvalue weighted by Crippen LogP contribution is -2.34. The van der Waals surface area contributed by atoms with Gasteiger partial charge in [-0.3, -0.25) is 9.48 Å². The average Bonchev–Trinajstić information content (AvgIpc) is 2.70. The Bertz CT molecular complexity index is 391. The number of nitrogens with two attached hydrogens (primary N) is 1. The van der Waals surface area contributed by atoms with Crippen LogP contribution < -0.4 is 11.1 Å². The quantitative estimate of drug-likeness (QED) is 0.540. The van der Waals surface area contributed by atoms with Gasteiger partial charge in [0.25, 0.3) is 0 Å². The van der Waals surface area contributed by atoms with E-state index in [1.807, 2.05) is 0 Å². The third-order valence-corrected chi connectivity index (χ3v) is 2.16. The Hall–Kier alpha value is -1.80. The van der Waals surface area contributed by atoms with Gasteiger partial charge in [0.15, 0.2) is 0 Å². The van der Waals surface area contributed by atoms with Gasteiger partial charge >= 0.3 is 0 Å². The van der Waals surface area contributed by atoms with Crippen LogP contribution in [0.2, 0.25) is 0 Å². The summed E-state index contributed by atoms with van der Waals surface area (Å²) in [4.78, 5) is 11.6. The van der Waals surface area contributed by atoms with E-state index in [2.05, 4.69) is 16.3 Å². The summed E-state index contributed by atoms with van der Waals surface area (Å²) in [7, 11) is 1.78. The number of carbonyl (C=O) groups excluding carboxylic acids is 1. The molecule has 0 aliphatic heterocycles. The first-order valence-electron chi connectivity index (χ1n) is 5.10. The molecule has 0 aliphatic rings. The van der Waals surface area contributed by atoms with Crippen molar-refractivity contribution in [3.8, 4) is 12.3 Å². The molecule has 0 spiro atoms. The fourth-order valence-corrected chi connectivity index (χ4v) is 1.26. The van der Waals surface area contributed by atoms with Crippen molar-refractivity contribution in [2.45, 2.75) is 18.9 Å². The summed E-state index contributed by atoms with van der Waals surface area (Å²) in [6, 6.07) is -0.667. The molecule has 1 aromatic heterocycles. The molecule has 0 saturated heterocycles. The Balaban J connectivity index is 2.40. The smallest absolute Gasteiger partial charge is 0.241 e. The van der Waals surface area contributed by atoms with Gasteiger partial charge in [0.05, 0.1) is 6.20 Å². The molecule has 0 fully saturated rings. The summed E-state index contributed by atoms with van der Waals surface area (Å²) in [5.74, 6) is 2.31. The number of hydrogen-bond acceptors (Lipinski definition) is 3. The van der Waals surface area contributed by atoms with E-state index in [1.54, 1.807) is 24.1 Å². The van der Waals surface area contributed by atoms with E-state index in [-0.39, 0.29) is 5.91 Å². The molecular weight excluding hydrogens is 204 g/mol. The molecule has 5 heteroatoms. The van der Waals surface area contributed by atoms with Crippen LogP contribution in [-0.2, 0) is 11.8 Å². The highest BCUT2D eigenvalue weighted by Crippen LogP contribution is 2.07. The average molecular weight is 220 g/mol. The van der Waals surface area contributed by atoms with Crippen LogP contribution in [0.15, 0.2) is 12.4 Å². The van der Waals surface area contributed by atoms with Crippen molar-refractivity contribution < 1.29 is 4.79 Å². The highest BCUT2D eigenvalue weighted by atomic mass is 16.2. The van der Waals surface area contributed by atoms with Gasteiger partial charge in [0.1, 0.15) is 6.04 Å². The molecule has 1 heterocycles. The van der Waals surface area contributed by atoms with Crippen molar-refractivity contribution in [1.82, 2.24) is 15.1 Å². The minimum absolute atomic E-state index is 0.204. The fraction of sp³-hybridized carbons (Fsp3) is 0.455. The zero-order valence-corrected chi connectivity index (χ0v) is 9.31. The van der Waals surface area contributed by atoms with Gasteiger partial charge in [0, 0.05) is 31.8 Å². The summed E-state index contributed by atoms with van der Waals surface area (Å²) < 4.78 is 1.61. The van der Waals surface area contributed by atoms with E-state index in [1.165, 1.54) is 0 Å². The van der Waals surface area contributed by atoms with Crippen LogP contribution in [0.5, 0.6) is 0 Å². The van der Waals surface area contributed by atoms with Crippen LogP contribution in [-0.4, -0.2) is 22.2 Å². The van der Waals surface area contributed by atoms with Crippen molar-refractivity contribution in [2.75, 3.05) is 6.54 Å². The number of nitrogens with one attached hydrogen (secondary N) is 1. The second-order valence-electron chi connectivity index (χ2n) is 3.52. The Labute approximate surface area is 95.0 Å². The van der Waals surface area contributed by atoms with Crippen LogP contribution in [0.1, 0.15) is 24.4 Å². The summed E-state index contributed by atoms with van der Waals surface area (Å²) in [6.07, 6.45) is 9.84. The zero-order chi connectivity index (χ0) is 12.0. The van der Waals surface area contributed by atoms with Crippen molar-refractivity contribution in [3.63, 3.8) is 0 Å². The third-order valence-electron chi connectivity index (χ3n) is 2.16. The topological polar surface area (TPSA) is 72.9 Å². The Kier molecular flexibility index (Phi) is 4.55. The number of carbonyl (C=O) groups is 1. The SMILES string of the molecule is C#CCCCNC(=O)C(N)c1cnn(C)c1. The molecule has 86 valence electrons. The van der Waals surface area contributed by atoms with Gasteiger partial charge in [-0.05, 0) is 6.42 Å². The van der Waals surface area contributed by atoms with E-state index in [9.17, 15) is 4.79 Å². The van der Waals surface area contributed by atoms with E-state index >= 15 is 0 Å². The molecule has 0 radical (unpaired) electrons. The molecule has 0 bridgehead atoms. The van der Waals surface area contributed by atoms with E-state index in [0.717, 1.165) is 6.42 Å². The van der Waals surface area contributed by atoms with Gasteiger partial charge < -0.3 is 11.1 Å². The van der Waals surface area contributed by atoms with Gasteiger partial charge in [-0.15, -0.1) is 12.3 Å². The number of unbranched alkanes of at least 4 members (excludes halogenated alkanes) is 1. The summed E-state index contributed by atoms with van der Waals surface area (Å²) >= 11 is 0. The molecule has 3 N–H and O–H groups in total. The first-order valence-corrected chi connectivity index (χ1v) is 5.10. The number of hydrogen-bond donors (Lipinski definition) is 2. The molecule has 1 amide bonds. The van der Waals surface area contributed by atoms with Gasteiger partial charge in [-0.25, -0.2) is 0 Å². The molecule has 1 unspecified atom stereocenters. The van der Waals surface area contributed by atoms with Crippen LogP contribution in [0, 0.1) is 12.3 Å². The molecule has 0 saturated carbocycles. The van der Waals surface area contributed by atoms with Gasteiger partial charge in [-0.2, -0.15) is 5.10 Å². The van der Waals surface area contributed by atoms with Crippen LogP contribution in [0.3, 0.4) is 0 Å². The molecule has 0 aromatic carbocycles. The maximum absolute atomic E-state index is 11.6. The monoisotopic (exact) mass is 220 g/mol. The summed E-state index contributed by atoms with van der Waals surface area (Å²) in [5.41, 5.74) is 6.47. The normalized spacial score (nSPS) is 11.8. The molecule has 16 heavy (non-hydrogen) atoms. The van der Waals surface area contributed by atoms with E-state index < -0.39 is 6.04 Å². The van der Waals surface area contributed by atoms with Gasteiger partial charge in [0.2, 0.25) is 5.91 Å². The Morgan fingerprint density at radius 3 is 3.12 bits per heavy atom. The molecule has 5 nitrogen and oxygen atoms in total. The number of nitrogens with zero attached hydrogens (tertiary/aromatic N) is 2. The number of aromatic nitrogens is 2.